The SMILES string of the molecule is Cc1cc(NN)c(C(=O)N(C)C2CCC(C)(C)CC2)cn1. The van der Waals surface area contributed by atoms with E-state index in [-0.39, 0.29) is 5.91 Å². The molecule has 1 amide bonds. The number of nitrogens with one attached hydrogen (secondary N) is 1. The van der Waals surface area contributed by atoms with Crippen molar-refractivity contribution in [1.29, 1.82) is 0 Å². The van der Waals surface area contributed by atoms with Crippen molar-refractivity contribution in [3.8, 4) is 0 Å². The van der Waals surface area contributed by atoms with Crippen LogP contribution in [0.4, 0.5) is 5.69 Å². The Hall–Kier alpha value is -1.62. The zero-order valence-corrected chi connectivity index (χ0v) is 13.4. The van der Waals surface area contributed by atoms with Crippen LogP contribution in [0.2, 0.25) is 0 Å². The Morgan fingerprint density at radius 1 is 1.43 bits per heavy atom. The molecule has 1 fully saturated rings. The smallest absolute Gasteiger partial charge is 0.257 e. The van der Waals surface area contributed by atoms with Gasteiger partial charge in [-0.25, -0.2) is 0 Å². The normalized spacial score (nSPS) is 18.3. The molecule has 0 spiro atoms. The Bertz CT molecular complexity index is 517. The first kappa shape index (κ1) is 15.8. The van der Waals surface area contributed by atoms with Crippen LogP contribution in [-0.4, -0.2) is 28.9 Å². The van der Waals surface area contributed by atoms with Crippen LogP contribution >= 0.6 is 0 Å². The van der Waals surface area contributed by atoms with Crippen LogP contribution in [0.15, 0.2) is 12.3 Å². The number of carbonyl (C=O) groups is 1. The second kappa shape index (κ2) is 6.02. The third-order valence-corrected chi connectivity index (χ3v) is 4.60. The van der Waals surface area contributed by atoms with Crippen molar-refractivity contribution >= 4 is 11.6 Å². The lowest BCUT2D eigenvalue weighted by Gasteiger charge is -2.38. The molecule has 0 bridgehead atoms. The molecule has 0 atom stereocenters. The van der Waals surface area contributed by atoms with Crippen molar-refractivity contribution in [1.82, 2.24) is 9.88 Å². The number of amides is 1. The van der Waals surface area contributed by atoms with Crippen LogP contribution in [0.25, 0.3) is 0 Å². The minimum atomic E-state index is -0.0137. The molecule has 0 unspecified atom stereocenters. The van der Waals surface area contributed by atoms with Gasteiger partial charge in [-0.2, -0.15) is 0 Å². The number of rotatable bonds is 3. The van der Waals surface area contributed by atoms with Gasteiger partial charge in [-0.15, -0.1) is 0 Å². The summed E-state index contributed by atoms with van der Waals surface area (Å²) in [7, 11) is 1.88. The van der Waals surface area contributed by atoms with Crippen LogP contribution in [0, 0.1) is 12.3 Å². The number of aromatic nitrogens is 1. The Morgan fingerprint density at radius 3 is 2.62 bits per heavy atom. The topological polar surface area (TPSA) is 71.2 Å². The summed E-state index contributed by atoms with van der Waals surface area (Å²) in [6.07, 6.45) is 6.03. The quantitative estimate of drug-likeness (QED) is 0.663. The zero-order valence-electron chi connectivity index (χ0n) is 13.4. The van der Waals surface area contributed by atoms with E-state index in [2.05, 4.69) is 24.3 Å². The third kappa shape index (κ3) is 3.53. The fourth-order valence-electron chi connectivity index (χ4n) is 2.98. The number of anilines is 1. The van der Waals surface area contributed by atoms with Crippen molar-refractivity contribution in [2.45, 2.75) is 52.5 Å². The second-order valence-electron chi connectivity index (χ2n) is 6.83. The lowest BCUT2D eigenvalue weighted by atomic mass is 9.75. The number of nitrogens with two attached hydrogens (primary N) is 1. The second-order valence-corrected chi connectivity index (χ2v) is 6.83. The van der Waals surface area contributed by atoms with E-state index in [4.69, 9.17) is 5.84 Å². The van der Waals surface area contributed by atoms with Gasteiger partial charge in [0.15, 0.2) is 0 Å². The van der Waals surface area contributed by atoms with E-state index < -0.39 is 0 Å². The van der Waals surface area contributed by atoms with Gasteiger partial charge in [0, 0.05) is 25.0 Å². The monoisotopic (exact) mass is 290 g/mol. The maximum absolute atomic E-state index is 12.7. The van der Waals surface area contributed by atoms with Crippen molar-refractivity contribution in [3.63, 3.8) is 0 Å². The summed E-state index contributed by atoms with van der Waals surface area (Å²) in [4.78, 5) is 18.8. The first-order valence-electron chi connectivity index (χ1n) is 7.54. The molecule has 1 aliphatic rings. The predicted octanol–water partition coefficient (Wildman–Crippen LogP) is 2.72. The van der Waals surface area contributed by atoms with E-state index in [1.807, 2.05) is 18.9 Å². The highest BCUT2D eigenvalue weighted by Gasteiger charge is 2.31. The molecule has 0 aliphatic heterocycles. The molecular formula is C16H26N4O. The molecule has 2 rings (SSSR count). The number of nitrogens with zero attached hydrogens (tertiary/aromatic N) is 2. The van der Waals surface area contributed by atoms with Crippen molar-refractivity contribution in [2.75, 3.05) is 12.5 Å². The van der Waals surface area contributed by atoms with Gasteiger partial charge in [0.1, 0.15) is 0 Å². The maximum atomic E-state index is 12.7. The molecule has 21 heavy (non-hydrogen) atoms. The number of hydrogen-bond donors (Lipinski definition) is 2. The van der Waals surface area contributed by atoms with Gasteiger partial charge in [0.2, 0.25) is 0 Å². The van der Waals surface area contributed by atoms with Crippen molar-refractivity contribution < 1.29 is 4.79 Å². The number of aryl methyl sites for hydroxylation is 1. The number of pyridine rings is 1. The molecule has 0 radical (unpaired) electrons. The van der Waals surface area contributed by atoms with Gasteiger partial charge in [-0.3, -0.25) is 15.6 Å². The van der Waals surface area contributed by atoms with E-state index in [0.29, 0.717) is 22.7 Å². The highest BCUT2D eigenvalue weighted by molar-refractivity contribution is 5.99. The van der Waals surface area contributed by atoms with Crippen LogP contribution in [0.5, 0.6) is 0 Å². The summed E-state index contributed by atoms with van der Waals surface area (Å²) in [6.45, 7) is 6.47. The predicted molar refractivity (Wildman–Crippen MR) is 84.9 cm³/mol. The molecule has 1 aromatic rings. The van der Waals surface area contributed by atoms with E-state index in [1.54, 1.807) is 12.3 Å². The summed E-state index contributed by atoms with van der Waals surface area (Å²) in [5, 5.41) is 0. The lowest BCUT2D eigenvalue weighted by molar-refractivity contribution is 0.0636. The summed E-state index contributed by atoms with van der Waals surface area (Å²) in [5.41, 5.74) is 5.01. The summed E-state index contributed by atoms with van der Waals surface area (Å²) < 4.78 is 0. The van der Waals surface area contributed by atoms with Crippen LogP contribution < -0.4 is 11.3 Å². The van der Waals surface area contributed by atoms with E-state index in [0.717, 1.165) is 31.4 Å². The van der Waals surface area contributed by atoms with Crippen molar-refractivity contribution in [3.05, 3.63) is 23.5 Å². The average Bonchev–Trinajstić information content (AvgIpc) is 2.45. The van der Waals surface area contributed by atoms with Crippen molar-refractivity contribution in [2.24, 2.45) is 11.3 Å². The molecule has 5 nitrogen and oxygen atoms in total. The van der Waals surface area contributed by atoms with Gasteiger partial charge < -0.3 is 10.3 Å². The maximum Gasteiger partial charge on any atom is 0.257 e. The number of hydrogen-bond acceptors (Lipinski definition) is 4. The fraction of sp³-hybridized carbons (Fsp3) is 0.625. The van der Waals surface area contributed by atoms with E-state index in [1.165, 1.54) is 0 Å². The Balaban J connectivity index is 2.13. The van der Waals surface area contributed by atoms with Crippen LogP contribution in [-0.2, 0) is 0 Å². The molecule has 0 saturated heterocycles. The molecule has 1 heterocycles. The van der Waals surface area contributed by atoms with Crippen LogP contribution in [0.1, 0.15) is 55.6 Å². The van der Waals surface area contributed by atoms with E-state index in [9.17, 15) is 4.79 Å². The zero-order chi connectivity index (χ0) is 15.6. The molecular weight excluding hydrogens is 264 g/mol. The minimum Gasteiger partial charge on any atom is -0.339 e. The molecule has 1 aliphatic carbocycles. The summed E-state index contributed by atoms with van der Waals surface area (Å²) in [6, 6.07) is 2.10. The Kier molecular flexibility index (Phi) is 4.52. The molecule has 1 saturated carbocycles. The van der Waals surface area contributed by atoms with Crippen LogP contribution in [0.3, 0.4) is 0 Å². The van der Waals surface area contributed by atoms with Gasteiger partial charge in [0.25, 0.3) is 5.91 Å². The fourth-order valence-corrected chi connectivity index (χ4v) is 2.98. The van der Waals surface area contributed by atoms with Gasteiger partial charge in [0.05, 0.1) is 11.3 Å². The van der Waals surface area contributed by atoms with E-state index >= 15 is 0 Å². The minimum absolute atomic E-state index is 0.0137. The largest absolute Gasteiger partial charge is 0.339 e. The lowest BCUT2D eigenvalue weighted by Crippen LogP contribution is -2.41. The molecule has 5 heteroatoms. The molecule has 1 aromatic heterocycles. The van der Waals surface area contributed by atoms with Gasteiger partial charge >= 0.3 is 0 Å². The third-order valence-electron chi connectivity index (χ3n) is 4.60. The van der Waals surface area contributed by atoms with Gasteiger partial charge in [-0.05, 0) is 44.1 Å². The number of nitrogen functional groups attached to an aromatic ring is 1. The molecule has 116 valence electrons. The highest BCUT2D eigenvalue weighted by Crippen LogP contribution is 2.37. The standard InChI is InChI=1S/C16H26N4O/c1-11-9-14(19-17)13(10-18-11)15(21)20(4)12-5-7-16(2,3)8-6-12/h9-10,12H,5-8,17H2,1-4H3,(H,18,19). The average molecular weight is 290 g/mol. The molecule has 3 N–H and O–H groups in total. The number of carbonyl (C=O) groups excluding carboxylic acids is 1. The Morgan fingerprint density at radius 2 is 2.05 bits per heavy atom. The Labute approximate surface area is 126 Å². The molecule has 0 aromatic carbocycles. The first-order chi connectivity index (χ1) is 9.84. The first-order valence-corrected chi connectivity index (χ1v) is 7.54. The van der Waals surface area contributed by atoms with Gasteiger partial charge in [-0.1, -0.05) is 13.8 Å². The summed E-state index contributed by atoms with van der Waals surface area (Å²) in [5.74, 6) is 5.51. The summed E-state index contributed by atoms with van der Waals surface area (Å²) >= 11 is 0. The highest BCUT2D eigenvalue weighted by atomic mass is 16.2. The number of hydrazine groups is 1.